The molecule has 31 heavy (non-hydrogen) atoms. The number of furan rings is 1. The molecule has 3 rings (SSSR count). The van der Waals surface area contributed by atoms with Crippen LogP contribution in [0.5, 0.6) is 17.2 Å². The second kappa shape index (κ2) is 12.7. The first-order valence-electron chi connectivity index (χ1n) is 9.64. The fourth-order valence-corrected chi connectivity index (χ4v) is 2.85. The third-order valence-corrected chi connectivity index (χ3v) is 4.47. The first-order valence-corrected chi connectivity index (χ1v) is 9.64. The van der Waals surface area contributed by atoms with E-state index in [1.807, 2.05) is 54.6 Å². The quantitative estimate of drug-likeness (QED) is 0.234. The Morgan fingerprint density at radius 3 is 2.35 bits per heavy atom. The largest absolute Gasteiger partial charge is 0.497 e. The van der Waals surface area contributed by atoms with Crippen LogP contribution < -0.4 is 24.8 Å². The van der Waals surface area contributed by atoms with E-state index in [1.54, 1.807) is 27.6 Å². The van der Waals surface area contributed by atoms with Crippen LogP contribution in [0.3, 0.4) is 0 Å². The maximum absolute atomic E-state index is 5.40. The predicted octanol–water partition coefficient (Wildman–Crippen LogP) is 4.72. The molecule has 0 aliphatic rings. The number of ether oxygens (including phenoxy) is 3. The molecule has 0 bridgehead atoms. The Balaban J connectivity index is 0.00000341. The minimum absolute atomic E-state index is 0. The summed E-state index contributed by atoms with van der Waals surface area (Å²) >= 11 is 0. The van der Waals surface area contributed by atoms with E-state index in [0.29, 0.717) is 30.5 Å². The highest BCUT2D eigenvalue weighted by Gasteiger charge is 2.07. The van der Waals surface area contributed by atoms with Crippen molar-refractivity contribution in [3.8, 4) is 17.2 Å². The van der Waals surface area contributed by atoms with Crippen molar-refractivity contribution >= 4 is 35.6 Å². The van der Waals surface area contributed by atoms with Crippen LogP contribution in [0.25, 0.3) is 0 Å². The monoisotopic (exact) mass is 537 g/mol. The van der Waals surface area contributed by atoms with Crippen LogP contribution in [0.1, 0.15) is 11.3 Å². The second-order valence-electron chi connectivity index (χ2n) is 6.46. The van der Waals surface area contributed by atoms with Crippen molar-refractivity contribution in [3.05, 3.63) is 72.2 Å². The van der Waals surface area contributed by atoms with E-state index in [2.05, 4.69) is 10.6 Å². The molecule has 0 saturated carbocycles. The van der Waals surface area contributed by atoms with Gasteiger partial charge in [0.1, 0.15) is 11.5 Å². The summed E-state index contributed by atoms with van der Waals surface area (Å²) in [7, 11) is 4.88. The van der Waals surface area contributed by atoms with Crippen LogP contribution in [0.15, 0.2) is 70.3 Å². The normalized spacial score (nSPS) is 10.7. The zero-order valence-electron chi connectivity index (χ0n) is 17.9. The maximum Gasteiger partial charge on any atom is 0.196 e. The fourth-order valence-electron chi connectivity index (χ4n) is 2.85. The van der Waals surface area contributed by atoms with Gasteiger partial charge in [-0.3, -0.25) is 0 Å². The number of rotatable bonds is 9. The highest BCUT2D eigenvalue weighted by atomic mass is 127. The van der Waals surface area contributed by atoms with E-state index in [9.17, 15) is 0 Å². The van der Waals surface area contributed by atoms with Gasteiger partial charge >= 0.3 is 0 Å². The molecule has 166 valence electrons. The van der Waals surface area contributed by atoms with Gasteiger partial charge in [0, 0.05) is 24.7 Å². The summed E-state index contributed by atoms with van der Waals surface area (Å²) in [5.74, 6) is 3.72. The van der Waals surface area contributed by atoms with Crippen molar-refractivity contribution in [1.82, 2.24) is 5.32 Å². The summed E-state index contributed by atoms with van der Waals surface area (Å²) in [6.45, 7) is 1.20. The molecule has 1 heterocycles. The van der Waals surface area contributed by atoms with Crippen molar-refractivity contribution in [2.75, 3.05) is 33.2 Å². The summed E-state index contributed by atoms with van der Waals surface area (Å²) in [6.07, 6.45) is 2.43. The molecule has 2 aromatic carbocycles. The Kier molecular flexibility index (Phi) is 10.0. The minimum atomic E-state index is 0. The maximum atomic E-state index is 5.40. The standard InChI is InChI=1S/C23H27N3O4.HI/c1-27-19-9-6-17(7-10-19)16-25-23(24-13-12-20-5-4-14-30-20)26-18-8-11-21(28-2)22(15-18)29-3;/h4-11,14-15H,12-13,16H2,1-3H3,(H2,24,25,26);1H. The van der Waals surface area contributed by atoms with Crippen molar-refractivity contribution in [3.63, 3.8) is 0 Å². The zero-order valence-corrected chi connectivity index (χ0v) is 20.2. The van der Waals surface area contributed by atoms with Gasteiger partial charge in [0.2, 0.25) is 0 Å². The Hall–Kier alpha value is -2.88. The van der Waals surface area contributed by atoms with Crippen molar-refractivity contribution in [1.29, 1.82) is 0 Å². The lowest BCUT2D eigenvalue weighted by Gasteiger charge is -2.14. The van der Waals surface area contributed by atoms with Gasteiger partial charge in [-0.2, -0.15) is 0 Å². The van der Waals surface area contributed by atoms with Gasteiger partial charge in [0.05, 0.1) is 34.1 Å². The van der Waals surface area contributed by atoms with Crippen molar-refractivity contribution in [2.45, 2.75) is 13.0 Å². The van der Waals surface area contributed by atoms with Gasteiger partial charge in [-0.25, -0.2) is 4.99 Å². The minimum Gasteiger partial charge on any atom is -0.497 e. The number of hydrogen-bond acceptors (Lipinski definition) is 5. The molecule has 0 saturated heterocycles. The van der Waals surface area contributed by atoms with E-state index in [1.165, 1.54) is 0 Å². The van der Waals surface area contributed by atoms with Crippen LogP contribution >= 0.6 is 24.0 Å². The third-order valence-electron chi connectivity index (χ3n) is 4.47. The molecule has 1 aromatic heterocycles. The highest BCUT2D eigenvalue weighted by molar-refractivity contribution is 14.0. The molecule has 7 nitrogen and oxygen atoms in total. The predicted molar refractivity (Wildman–Crippen MR) is 133 cm³/mol. The van der Waals surface area contributed by atoms with E-state index < -0.39 is 0 Å². The van der Waals surface area contributed by atoms with Gasteiger partial charge < -0.3 is 29.3 Å². The molecule has 0 atom stereocenters. The molecule has 0 radical (unpaired) electrons. The number of nitrogens with one attached hydrogen (secondary N) is 2. The summed E-state index contributed by atoms with van der Waals surface area (Å²) in [6, 6.07) is 17.3. The molecule has 3 aromatic rings. The molecule has 0 fully saturated rings. The molecular formula is C23H28IN3O4. The van der Waals surface area contributed by atoms with Gasteiger partial charge in [0.15, 0.2) is 17.5 Å². The Bertz CT molecular complexity index is 944. The van der Waals surface area contributed by atoms with Gasteiger partial charge in [-0.05, 0) is 42.0 Å². The van der Waals surface area contributed by atoms with E-state index in [-0.39, 0.29) is 24.0 Å². The SMILES string of the molecule is COc1ccc(CN=C(NCCc2ccco2)Nc2ccc(OC)c(OC)c2)cc1.I. The van der Waals surface area contributed by atoms with Gasteiger partial charge in [-0.1, -0.05) is 12.1 Å². The molecule has 0 aliphatic heterocycles. The van der Waals surface area contributed by atoms with Gasteiger partial charge in [-0.15, -0.1) is 24.0 Å². The molecule has 0 amide bonds. The van der Waals surface area contributed by atoms with Crippen LogP contribution in [-0.2, 0) is 13.0 Å². The lowest BCUT2D eigenvalue weighted by atomic mass is 10.2. The Labute approximate surface area is 199 Å². The number of aliphatic imine (C=N–C) groups is 1. The van der Waals surface area contributed by atoms with E-state index in [0.717, 1.165) is 29.2 Å². The number of benzene rings is 2. The van der Waals surface area contributed by atoms with Crippen LogP contribution in [0.4, 0.5) is 5.69 Å². The summed E-state index contributed by atoms with van der Waals surface area (Å²) in [4.78, 5) is 4.71. The first kappa shape index (κ1) is 24.4. The number of guanidine groups is 1. The number of halogens is 1. The average Bonchev–Trinajstić information content (AvgIpc) is 3.31. The average molecular weight is 537 g/mol. The topological polar surface area (TPSA) is 77.2 Å². The highest BCUT2D eigenvalue weighted by Crippen LogP contribution is 2.29. The zero-order chi connectivity index (χ0) is 21.2. The Morgan fingerprint density at radius 1 is 0.935 bits per heavy atom. The first-order chi connectivity index (χ1) is 14.7. The number of methoxy groups -OCH3 is 3. The molecule has 8 heteroatoms. The fraction of sp³-hybridized carbons (Fsp3) is 0.261. The lowest BCUT2D eigenvalue weighted by Crippen LogP contribution is -2.32. The molecule has 0 aliphatic carbocycles. The lowest BCUT2D eigenvalue weighted by molar-refractivity contribution is 0.355. The Morgan fingerprint density at radius 2 is 1.71 bits per heavy atom. The summed E-state index contributed by atoms with van der Waals surface area (Å²) in [5.41, 5.74) is 1.92. The molecule has 0 unspecified atom stereocenters. The molecular weight excluding hydrogens is 509 g/mol. The van der Waals surface area contributed by atoms with E-state index in [4.69, 9.17) is 23.6 Å². The number of hydrogen-bond donors (Lipinski definition) is 2. The number of anilines is 1. The third kappa shape index (κ3) is 7.39. The van der Waals surface area contributed by atoms with Crippen LogP contribution in [0, 0.1) is 0 Å². The smallest absolute Gasteiger partial charge is 0.196 e. The molecule has 0 spiro atoms. The van der Waals surface area contributed by atoms with Crippen molar-refractivity contribution in [2.24, 2.45) is 4.99 Å². The second-order valence-corrected chi connectivity index (χ2v) is 6.46. The molecule has 2 N–H and O–H groups in total. The van der Waals surface area contributed by atoms with Crippen molar-refractivity contribution < 1.29 is 18.6 Å². The number of nitrogens with zero attached hydrogens (tertiary/aromatic N) is 1. The summed E-state index contributed by atoms with van der Waals surface area (Å²) in [5, 5.41) is 6.67. The van der Waals surface area contributed by atoms with Crippen LogP contribution in [-0.4, -0.2) is 33.8 Å². The van der Waals surface area contributed by atoms with Gasteiger partial charge in [0.25, 0.3) is 0 Å². The summed E-state index contributed by atoms with van der Waals surface area (Å²) < 4.78 is 21.3. The van der Waals surface area contributed by atoms with E-state index >= 15 is 0 Å². The van der Waals surface area contributed by atoms with Crippen LogP contribution in [0.2, 0.25) is 0 Å².